The Kier molecular flexibility index (Phi) is 5.21. The van der Waals surface area contributed by atoms with Gasteiger partial charge in [-0.05, 0) is 25.3 Å². The van der Waals surface area contributed by atoms with Gasteiger partial charge in [-0.3, -0.25) is 0 Å². The third-order valence-electron chi connectivity index (χ3n) is 2.84. The third kappa shape index (κ3) is 3.62. The van der Waals surface area contributed by atoms with Crippen LogP contribution in [-0.4, -0.2) is 20.7 Å². The van der Waals surface area contributed by atoms with Crippen LogP contribution in [0.25, 0.3) is 5.76 Å². The first kappa shape index (κ1) is 14.2. The number of rotatable bonds is 6. The molecule has 0 radical (unpaired) electrons. The van der Waals surface area contributed by atoms with Gasteiger partial charge in [-0.15, -0.1) is 0 Å². The number of likely N-dealkylation sites (N-methyl/N-ethyl adjacent to an activating group) is 1. The molecular formula is C17H19NO2. The number of hydrogen-bond acceptors (Lipinski definition) is 3. The highest BCUT2D eigenvalue weighted by Crippen LogP contribution is 2.30. The van der Waals surface area contributed by atoms with Crippen LogP contribution in [0, 0.1) is 0 Å². The summed E-state index contributed by atoms with van der Waals surface area (Å²) in [5.41, 5.74) is 1.04. The highest BCUT2D eigenvalue weighted by molar-refractivity contribution is 5.63. The maximum atomic E-state index is 6.02. The van der Waals surface area contributed by atoms with Crippen molar-refractivity contribution in [1.82, 2.24) is 5.32 Å². The molecule has 3 nitrogen and oxygen atoms in total. The SMILES string of the molecule is CNC/C=C(/Oc1ccccc1OC)c1ccccc1. The maximum Gasteiger partial charge on any atom is 0.169 e. The van der Waals surface area contributed by atoms with E-state index >= 15 is 0 Å². The number of ether oxygens (including phenoxy) is 2. The van der Waals surface area contributed by atoms with Gasteiger partial charge >= 0.3 is 0 Å². The van der Waals surface area contributed by atoms with Crippen molar-refractivity contribution >= 4 is 5.76 Å². The van der Waals surface area contributed by atoms with E-state index in [-0.39, 0.29) is 0 Å². The van der Waals surface area contributed by atoms with E-state index in [9.17, 15) is 0 Å². The normalized spacial score (nSPS) is 11.2. The molecule has 0 amide bonds. The van der Waals surface area contributed by atoms with Crippen LogP contribution in [0.5, 0.6) is 11.5 Å². The molecule has 0 heterocycles. The minimum Gasteiger partial charge on any atom is -0.493 e. The van der Waals surface area contributed by atoms with E-state index in [2.05, 4.69) is 5.32 Å². The van der Waals surface area contributed by atoms with E-state index in [1.54, 1.807) is 7.11 Å². The lowest BCUT2D eigenvalue weighted by Gasteiger charge is -2.13. The molecule has 0 saturated carbocycles. The Morgan fingerprint density at radius 2 is 1.65 bits per heavy atom. The van der Waals surface area contributed by atoms with E-state index in [1.165, 1.54) is 0 Å². The monoisotopic (exact) mass is 269 g/mol. The van der Waals surface area contributed by atoms with Gasteiger partial charge in [0.2, 0.25) is 0 Å². The molecule has 2 aromatic rings. The summed E-state index contributed by atoms with van der Waals surface area (Å²) in [6.07, 6.45) is 2.02. The lowest BCUT2D eigenvalue weighted by atomic mass is 10.2. The number of para-hydroxylation sites is 2. The molecule has 0 unspecified atom stereocenters. The van der Waals surface area contributed by atoms with Gasteiger partial charge in [0, 0.05) is 12.1 Å². The van der Waals surface area contributed by atoms with Crippen LogP contribution in [0.4, 0.5) is 0 Å². The van der Waals surface area contributed by atoms with Crippen LogP contribution in [-0.2, 0) is 0 Å². The fraction of sp³-hybridized carbons (Fsp3) is 0.176. The highest BCUT2D eigenvalue weighted by atomic mass is 16.5. The van der Waals surface area contributed by atoms with Crippen molar-refractivity contribution in [3.63, 3.8) is 0 Å². The summed E-state index contributed by atoms with van der Waals surface area (Å²) in [7, 11) is 3.55. The molecule has 0 spiro atoms. The third-order valence-corrected chi connectivity index (χ3v) is 2.84. The van der Waals surface area contributed by atoms with Crippen LogP contribution in [0.2, 0.25) is 0 Å². The van der Waals surface area contributed by atoms with Gasteiger partial charge in [-0.2, -0.15) is 0 Å². The van der Waals surface area contributed by atoms with Crippen LogP contribution >= 0.6 is 0 Å². The first-order valence-corrected chi connectivity index (χ1v) is 6.56. The lowest BCUT2D eigenvalue weighted by molar-refractivity contribution is 0.385. The molecule has 20 heavy (non-hydrogen) atoms. The van der Waals surface area contributed by atoms with E-state index in [4.69, 9.17) is 9.47 Å². The largest absolute Gasteiger partial charge is 0.493 e. The fourth-order valence-corrected chi connectivity index (χ4v) is 1.84. The van der Waals surface area contributed by atoms with Crippen molar-refractivity contribution in [2.75, 3.05) is 20.7 Å². The molecule has 0 aliphatic heterocycles. The molecule has 0 aliphatic carbocycles. The Morgan fingerprint density at radius 1 is 1.00 bits per heavy atom. The Hall–Kier alpha value is -2.26. The Bertz CT molecular complexity index is 564. The molecule has 0 saturated heterocycles. The Balaban J connectivity index is 2.29. The zero-order valence-electron chi connectivity index (χ0n) is 11.8. The van der Waals surface area contributed by atoms with Crippen LogP contribution in [0.1, 0.15) is 5.56 Å². The lowest BCUT2D eigenvalue weighted by Crippen LogP contribution is -2.07. The molecule has 0 aliphatic rings. The van der Waals surface area contributed by atoms with E-state index < -0.39 is 0 Å². The number of methoxy groups -OCH3 is 1. The molecule has 0 aromatic heterocycles. The minimum absolute atomic E-state index is 0.709. The van der Waals surface area contributed by atoms with Gasteiger partial charge < -0.3 is 14.8 Å². The van der Waals surface area contributed by atoms with Gasteiger partial charge in [-0.1, -0.05) is 42.5 Å². The molecule has 0 atom stereocenters. The summed E-state index contributed by atoms with van der Waals surface area (Å²) in [4.78, 5) is 0. The van der Waals surface area contributed by atoms with E-state index in [0.29, 0.717) is 5.75 Å². The second kappa shape index (κ2) is 7.36. The molecular weight excluding hydrogens is 250 g/mol. The van der Waals surface area contributed by atoms with Gasteiger partial charge in [0.25, 0.3) is 0 Å². The zero-order chi connectivity index (χ0) is 14.2. The van der Waals surface area contributed by atoms with Crippen molar-refractivity contribution in [2.45, 2.75) is 0 Å². The van der Waals surface area contributed by atoms with Crippen LogP contribution in [0.3, 0.4) is 0 Å². The molecule has 3 heteroatoms. The van der Waals surface area contributed by atoms with Crippen molar-refractivity contribution in [3.05, 3.63) is 66.2 Å². The number of hydrogen-bond donors (Lipinski definition) is 1. The topological polar surface area (TPSA) is 30.5 Å². The maximum absolute atomic E-state index is 6.02. The summed E-state index contributed by atoms with van der Waals surface area (Å²) in [6.45, 7) is 0.735. The molecule has 0 fully saturated rings. The predicted octanol–water partition coefficient (Wildman–Crippen LogP) is 3.33. The minimum atomic E-state index is 0.709. The second-order valence-corrected chi connectivity index (χ2v) is 4.24. The van der Waals surface area contributed by atoms with E-state index in [0.717, 1.165) is 23.6 Å². The van der Waals surface area contributed by atoms with Crippen molar-refractivity contribution in [3.8, 4) is 11.5 Å². The molecule has 0 bridgehead atoms. The first-order valence-electron chi connectivity index (χ1n) is 6.56. The Morgan fingerprint density at radius 3 is 2.30 bits per heavy atom. The summed E-state index contributed by atoms with van der Waals surface area (Å²) in [5.74, 6) is 2.24. The van der Waals surface area contributed by atoms with Crippen molar-refractivity contribution in [2.24, 2.45) is 0 Å². The summed E-state index contributed by atoms with van der Waals surface area (Å²) >= 11 is 0. The molecule has 2 rings (SSSR count). The molecule has 1 N–H and O–H groups in total. The van der Waals surface area contributed by atoms with Gasteiger partial charge in [0.05, 0.1) is 7.11 Å². The van der Waals surface area contributed by atoms with Crippen molar-refractivity contribution < 1.29 is 9.47 Å². The summed E-state index contributed by atoms with van der Waals surface area (Å²) in [5, 5.41) is 3.09. The number of benzene rings is 2. The summed E-state index contributed by atoms with van der Waals surface area (Å²) in [6, 6.07) is 17.7. The predicted molar refractivity (Wildman–Crippen MR) is 82.0 cm³/mol. The van der Waals surface area contributed by atoms with Gasteiger partial charge in [0.1, 0.15) is 5.76 Å². The molecule has 2 aromatic carbocycles. The van der Waals surface area contributed by atoms with Crippen LogP contribution in [0.15, 0.2) is 60.7 Å². The molecule has 104 valence electrons. The van der Waals surface area contributed by atoms with Gasteiger partial charge in [0.15, 0.2) is 11.5 Å². The van der Waals surface area contributed by atoms with Crippen LogP contribution < -0.4 is 14.8 Å². The second-order valence-electron chi connectivity index (χ2n) is 4.24. The first-order chi connectivity index (χ1) is 9.85. The smallest absolute Gasteiger partial charge is 0.169 e. The average molecular weight is 269 g/mol. The standard InChI is InChI=1S/C17H19NO2/c1-18-13-12-15(14-8-4-3-5-9-14)20-17-11-7-6-10-16(17)19-2/h3-12,18H,13H2,1-2H3/b15-12+. The summed E-state index contributed by atoms with van der Waals surface area (Å²) < 4.78 is 11.3. The van der Waals surface area contributed by atoms with Gasteiger partial charge in [-0.25, -0.2) is 0 Å². The van der Waals surface area contributed by atoms with E-state index in [1.807, 2.05) is 67.7 Å². The van der Waals surface area contributed by atoms with Crippen molar-refractivity contribution in [1.29, 1.82) is 0 Å². The fourth-order valence-electron chi connectivity index (χ4n) is 1.84. The zero-order valence-corrected chi connectivity index (χ0v) is 11.8. The number of nitrogens with one attached hydrogen (secondary N) is 1. The quantitative estimate of drug-likeness (QED) is 0.816. The highest BCUT2D eigenvalue weighted by Gasteiger charge is 2.08. The Labute approximate surface area is 119 Å². The average Bonchev–Trinajstić information content (AvgIpc) is 2.52.